The number of aromatic hydroxyl groups is 2. The number of fused-ring (bicyclic) bond motifs is 1. The summed E-state index contributed by atoms with van der Waals surface area (Å²) >= 11 is 0. The molecule has 1 aliphatic heterocycles. The number of piperazine rings is 1. The second-order valence-corrected chi connectivity index (χ2v) is 7.73. The number of rotatable bonds is 5. The summed E-state index contributed by atoms with van der Waals surface area (Å²) in [6.07, 6.45) is 2.12. The van der Waals surface area contributed by atoms with Gasteiger partial charge in [-0.3, -0.25) is 4.79 Å². The summed E-state index contributed by atoms with van der Waals surface area (Å²) in [5.41, 5.74) is 1.75. The summed E-state index contributed by atoms with van der Waals surface area (Å²) in [6.45, 7) is 5.66. The molecule has 2 N–H and O–H groups in total. The summed E-state index contributed by atoms with van der Waals surface area (Å²) in [6, 6.07) is 12.1. The van der Waals surface area contributed by atoms with Gasteiger partial charge in [0.15, 0.2) is 16.8 Å². The van der Waals surface area contributed by atoms with E-state index >= 15 is 0 Å². The monoisotopic (exact) mass is 394 g/mol. The maximum Gasteiger partial charge on any atom is 0.201 e. The number of hydrogen-bond acceptors (Lipinski definition) is 6. The first-order valence-corrected chi connectivity index (χ1v) is 10.0. The molecule has 1 aromatic heterocycles. The van der Waals surface area contributed by atoms with Crippen LogP contribution in [0.25, 0.3) is 22.3 Å². The highest BCUT2D eigenvalue weighted by atomic mass is 16.4. The molecule has 0 radical (unpaired) electrons. The fourth-order valence-corrected chi connectivity index (χ4v) is 3.75. The van der Waals surface area contributed by atoms with Crippen LogP contribution in [0.4, 0.5) is 0 Å². The Bertz CT molecular complexity index is 1050. The number of hydrogen-bond donors (Lipinski definition) is 2. The molecule has 4 rings (SSSR count). The highest BCUT2D eigenvalue weighted by Gasteiger charge is 2.14. The SMILES string of the molecule is CN1CCN(CCCc2ccc(-c3cc(=O)c4ccc(O)c(O)c4o3)cc2)CC1. The third-order valence-electron chi connectivity index (χ3n) is 5.62. The lowest BCUT2D eigenvalue weighted by Gasteiger charge is -2.32. The molecule has 1 saturated heterocycles. The molecule has 0 spiro atoms. The lowest BCUT2D eigenvalue weighted by Crippen LogP contribution is -2.44. The molecule has 0 unspecified atom stereocenters. The van der Waals surface area contributed by atoms with Crippen molar-refractivity contribution in [3.8, 4) is 22.8 Å². The van der Waals surface area contributed by atoms with Gasteiger partial charge in [0.1, 0.15) is 5.76 Å². The zero-order chi connectivity index (χ0) is 20.4. The van der Waals surface area contributed by atoms with Gasteiger partial charge in [-0.1, -0.05) is 24.3 Å². The second-order valence-electron chi connectivity index (χ2n) is 7.73. The number of aryl methyl sites for hydroxylation is 1. The molecular formula is C23H26N2O4. The van der Waals surface area contributed by atoms with Crippen LogP contribution in [-0.4, -0.2) is 59.8 Å². The van der Waals surface area contributed by atoms with Crippen LogP contribution >= 0.6 is 0 Å². The van der Waals surface area contributed by atoms with E-state index in [0.717, 1.165) is 51.1 Å². The molecule has 2 heterocycles. The lowest BCUT2D eigenvalue weighted by atomic mass is 10.0. The van der Waals surface area contributed by atoms with Crippen molar-refractivity contribution >= 4 is 11.0 Å². The molecule has 29 heavy (non-hydrogen) atoms. The van der Waals surface area contributed by atoms with Crippen molar-refractivity contribution in [3.63, 3.8) is 0 Å². The topological polar surface area (TPSA) is 77.2 Å². The van der Waals surface area contributed by atoms with E-state index in [9.17, 15) is 15.0 Å². The van der Waals surface area contributed by atoms with E-state index in [0.29, 0.717) is 5.76 Å². The molecule has 0 aliphatic carbocycles. The molecule has 0 saturated carbocycles. The van der Waals surface area contributed by atoms with Crippen molar-refractivity contribution in [1.82, 2.24) is 9.80 Å². The first-order chi connectivity index (χ1) is 14.0. The molecule has 0 bridgehead atoms. The number of phenols is 2. The Morgan fingerprint density at radius 3 is 2.45 bits per heavy atom. The second kappa shape index (κ2) is 8.27. The molecule has 3 aromatic rings. The van der Waals surface area contributed by atoms with Crippen LogP contribution in [0.15, 0.2) is 51.7 Å². The third kappa shape index (κ3) is 4.28. The maximum absolute atomic E-state index is 12.4. The molecule has 2 aromatic carbocycles. The van der Waals surface area contributed by atoms with Gasteiger partial charge in [-0.25, -0.2) is 0 Å². The molecule has 1 fully saturated rings. The number of phenolic OH excluding ortho intramolecular Hbond substituents is 2. The summed E-state index contributed by atoms with van der Waals surface area (Å²) in [5.74, 6) is -0.358. The summed E-state index contributed by atoms with van der Waals surface area (Å²) in [7, 11) is 2.17. The van der Waals surface area contributed by atoms with Gasteiger partial charge in [-0.05, 0) is 44.1 Å². The smallest absolute Gasteiger partial charge is 0.201 e. The summed E-state index contributed by atoms with van der Waals surface area (Å²) in [4.78, 5) is 17.2. The molecule has 6 nitrogen and oxygen atoms in total. The minimum Gasteiger partial charge on any atom is -0.504 e. The Hall–Kier alpha value is -2.83. The Labute approximate surface area is 169 Å². The average molecular weight is 394 g/mol. The minimum absolute atomic E-state index is 0.00347. The standard InChI is InChI=1S/C23H26N2O4/c1-24-11-13-25(14-12-24)10-2-3-16-4-6-17(7-5-16)21-15-20(27)18-8-9-19(26)22(28)23(18)29-21/h4-9,15,26,28H,2-3,10-14H2,1H3. The van der Waals surface area contributed by atoms with Gasteiger partial charge >= 0.3 is 0 Å². The van der Waals surface area contributed by atoms with Gasteiger partial charge in [-0.15, -0.1) is 0 Å². The van der Waals surface area contributed by atoms with Crippen LogP contribution in [0.1, 0.15) is 12.0 Å². The molecular weight excluding hydrogens is 368 g/mol. The van der Waals surface area contributed by atoms with Crippen LogP contribution in [0.2, 0.25) is 0 Å². The lowest BCUT2D eigenvalue weighted by molar-refractivity contribution is 0.153. The van der Waals surface area contributed by atoms with E-state index in [2.05, 4.69) is 16.8 Å². The zero-order valence-corrected chi connectivity index (χ0v) is 16.6. The predicted octanol–water partition coefficient (Wildman–Crippen LogP) is 3.05. The van der Waals surface area contributed by atoms with Crippen molar-refractivity contribution in [2.75, 3.05) is 39.8 Å². The van der Waals surface area contributed by atoms with Gasteiger partial charge < -0.3 is 24.4 Å². The van der Waals surface area contributed by atoms with E-state index in [1.165, 1.54) is 23.8 Å². The largest absolute Gasteiger partial charge is 0.504 e. The Kier molecular flexibility index (Phi) is 5.56. The van der Waals surface area contributed by atoms with Crippen LogP contribution in [0.3, 0.4) is 0 Å². The Morgan fingerprint density at radius 2 is 1.72 bits per heavy atom. The minimum atomic E-state index is -0.415. The fourth-order valence-electron chi connectivity index (χ4n) is 3.75. The molecule has 0 atom stereocenters. The predicted molar refractivity (Wildman–Crippen MR) is 114 cm³/mol. The normalized spacial score (nSPS) is 15.8. The number of nitrogens with zero attached hydrogens (tertiary/aromatic N) is 2. The van der Waals surface area contributed by atoms with Crippen molar-refractivity contribution < 1.29 is 14.6 Å². The average Bonchev–Trinajstić information content (AvgIpc) is 2.73. The van der Waals surface area contributed by atoms with Gasteiger partial charge in [0, 0.05) is 37.8 Å². The van der Waals surface area contributed by atoms with E-state index in [4.69, 9.17) is 4.42 Å². The van der Waals surface area contributed by atoms with Crippen molar-refractivity contribution in [1.29, 1.82) is 0 Å². The Morgan fingerprint density at radius 1 is 1.00 bits per heavy atom. The van der Waals surface area contributed by atoms with Crippen molar-refractivity contribution in [3.05, 3.63) is 58.3 Å². The summed E-state index contributed by atoms with van der Waals surface area (Å²) in [5, 5.41) is 19.9. The van der Waals surface area contributed by atoms with E-state index < -0.39 is 5.75 Å². The van der Waals surface area contributed by atoms with Gasteiger partial charge in [0.25, 0.3) is 0 Å². The van der Waals surface area contributed by atoms with Gasteiger partial charge in [0.05, 0.1) is 5.39 Å². The number of likely N-dealkylation sites (N-methyl/N-ethyl adjacent to an activating group) is 1. The van der Waals surface area contributed by atoms with Crippen molar-refractivity contribution in [2.24, 2.45) is 0 Å². The summed E-state index contributed by atoms with van der Waals surface area (Å²) < 4.78 is 5.73. The molecule has 152 valence electrons. The highest BCUT2D eigenvalue weighted by molar-refractivity contribution is 5.86. The number of benzene rings is 2. The zero-order valence-electron chi connectivity index (χ0n) is 16.6. The van der Waals surface area contributed by atoms with Crippen LogP contribution in [0, 0.1) is 0 Å². The molecule has 6 heteroatoms. The third-order valence-corrected chi connectivity index (χ3v) is 5.62. The van der Waals surface area contributed by atoms with E-state index in [-0.39, 0.29) is 22.1 Å². The van der Waals surface area contributed by atoms with Crippen LogP contribution in [0.5, 0.6) is 11.5 Å². The molecule has 0 amide bonds. The van der Waals surface area contributed by atoms with Gasteiger partial charge in [-0.2, -0.15) is 0 Å². The van der Waals surface area contributed by atoms with E-state index in [1.807, 2.05) is 24.3 Å². The fraction of sp³-hybridized carbons (Fsp3) is 0.348. The van der Waals surface area contributed by atoms with Gasteiger partial charge in [0.2, 0.25) is 5.75 Å². The molecule has 1 aliphatic rings. The van der Waals surface area contributed by atoms with Crippen LogP contribution in [-0.2, 0) is 6.42 Å². The first-order valence-electron chi connectivity index (χ1n) is 10.0. The highest BCUT2D eigenvalue weighted by Crippen LogP contribution is 2.34. The van der Waals surface area contributed by atoms with E-state index in [1.54, 1.807) is 0 Å². The maximum atomic E-state index is 12.4. The Balaban J connectivity index is 1.45. The van der Waals surface area contributed by atoms with Crippen LogP contribution < -0.4 is 5.43 Å². The van der Waals surface area contributed by atoms with Crippen molar-refractivity contribution in [2.45, 2.75) is 12.8 Å². The quantitative estimate of drug-likeness (QED) is 0.648. The first kappa shape index (κ1) is 19.5.